The summed E-state index contributed by atoms with van der Waals surface area (Å²) in [5.41, 5.74) is -0.289. The highest BCUT2D eigenvalue weighted by molar-refractivity contribution is 6.10. The number of urea groups is 1. The maximum atomic E-state index is 12.7. The first-order chi connectivity index (χ1) is 12.1. The number of fused-ring (bicyclic) bond motifs is 1. The van der Waals surface area contributed by atoms with E-state index in [1.807, 2.05) is 0 Å². The molecule has 132 valence electrons. The van der Waals surface area contributed by atoms with Gasteiger partial charge in [0.15, 0.2) is 11.5 Å². The van der Waals surface area contributed by atoms with Crippen LogP contribution in [0.4, 0.5) is 10.5 Å². The smallest absolute Gasteiger partial charge is 0.325 e. The Kier molecular flexibility index (Phi) is 3.74. The number of amides is 4. The Morgan fingerprint density at radius 3 is 2.72 bits per heavy atom. The number of nitrogens with one attached hydrogen (secondary N) is 2. The van der Waals surface area contributed by atoms with Crippen LogP contribution in [0.15, 0.2) is 18.2 Å². The van der Waals surface area contributed by atoms with Gasteiger partial charge in [0.1, 0.15) is 12.1 Å². The van der Waals surface area contributed by atoms with Crippen LogP contribution in [0.2, 0.25) is 0 Å². The summed E-state index contributed by atoms with van der Waals surface area (Å²) in [6, 6.07) is 4.53. The lowest BCUT2D eigenvalue weighted by Crippen LogP contribution is -2.48. The Bertz CT molecular complexity index is 742. The molecule has 0 unspecified atom stereocenters. The molecule has 1 saturated carbocycles. The van der Waals surface area contributed by atoms with Crippen LogP contribution in [0.25, 0.3) is 0 Å². The maximum Gasteiger partial charge on any atom is 0.325 e. The number of hydrogen-bond donors (Lipinski definition) is 2. The van der Waals surface area contributed by atoms with Crippen molar-refractivity contribution >= 4 is 23.5 Å². The monoisotopic (exact) mass is 345 g/mol. The van der Waals surface area contributed by atoms with Gasteiger partial charge in [-0.2, -0.15) is 0 Å². The number of hydrogen-bond acceptors (Lipinski definition) is 5. The Morgan fingerprint density at radius 1 is 1.16 bits per heavy atom. The second kappa shape index (κ2) is 5.94. The second-order valence-electron chi connectivity index (χ2n) is 6.58. The van der Waals surface area contributed by atoms with Crippen LogP contribution >= 0.6 is 0 Å². The summed E-state index contributed by atoms with van der Waals surface area (Å²) in [5, 5.41) is 5.48. The van der Waals surface area contributed by atoms with Crippen molar-refractivity contribution in [1.82, 2.24) is 10.2 Å². The first kappa shape index (κ1) is 15.7. The van der Waals surface area contributed by atoms with Crippen molar-refractivity contribution < 1.29 is 23.9 Å². The van der Waals surface area contributed by atoms with Crippen molar-refractivity contribution in [3.63, 3.8) is 0 Å². The van der Waals surface area contributed by atoms with Crippen molar-refractivity contribution in [2.24, 2.45) is 0 Å². The minimum atomic E-state index is -0.811. The molecule has 0 aromatic heterocycles. The zero-order valence-corrected chi connectivity index (χ0v) is 13.7. The molecule has 4 amide bonds. The molecule has 2 N–H and O–H groups in total. The van der Waals surface area contributed by atoms with Crippen LogP contribution in [-0.4, -0.2) is 41.6 Å². The summed E-state index contributed by atoms with van der Waals surface area (Å²) in [4.78, 5) is 38.1. The molecule has 1 aromatic carbocycles. The summed E-state index contributed by atoms with van der Waals surface area (Å²) in [6.45, 7) is -0.155. The van der Waals surface area contributed by atoms with Gasteiger partial charge < -0.3 is 20.1 Å². The summed E-state index contributed by atoms with van der Waals surface area (Å²) in [6.07, 6.45) is 4.15. The number of carbonyl (C=O) groups excluding carboxylic acids is 3. The standard InChI is InChI=1S/C17H19N3O5/c21-14(18-11-4-5-12-13(8-11)25-10-24-12)9-20-15(22)17(19-16(20)23)6-2-1-3-7-17/h4-5,8H,1-3,6-7,9-10H2,(H,18,21)(H,19,23). The van der Waals surface area contributed by atoms with E-state index in [0.29, 0.717) is 30.0 Å². The van der Waals surface area contributed by atoms with E-state index in [1.54, 1.807) is 18.2 Å². The zero-order valence-electron chi connectivity index (χ0n) is 13.7. The Hall–Kier alpha value is -2.77. The average molecular weight is 345 g/mol. The van der Waals surface area contributed by atoms with E-state index in [1.165, 1.54) is 0 Å². The SMILES string of the molecule is O=C(CN1C(=O)NC2(CCCCC2)C1=O)Nc1ccc2c(c1)OCO2. The van der Waals surface area contributed by atoms with E-state index >= 15 is 0 Å². The van der Waals surface area contributed by atoms with Crippen LogP contribution in [0.3, 0.4) is 0 Å². The Labute approximate surface area is 144 Å². The van der Waals surface area contributed by atoms with Crippen LogP contribution in [-0.2, 0) is 9.59 Å². The number of ether oxygens (including phenoxy) is 2. The van der Waals surface area contributed by atoms with Crippen LogP contribution in [0, 0.1) is 0 Å². The van der Waals surface area contributed by atoms with Crippen LogP contribution in [0.1, 0.15) is 32.1 Å². The summed E-state index contributed by atoms with van der Waals surface area (Å²) in [5.74, 6) is 0.438. The van der Waals surface area contributed by atoms with Crippen molar-refractivity contribution in [3.8, 4) is 11.5 Å². The highest BCUT2D eigenvalue weighted by Crippen LogP contribution is 2.35. The van der Waals surface area contributed by atoms with E-state index < -0.39 is 17.5 Å². The third kappa shape index (κ3) is 2.77. The van der Waals surface area contributed by atoms with Crippen molar-refractivity contribution in [2.75, 3.05) is 18.7 Å². The number of imide groups is 1. The number of anilines is 1. The maximum absolute atomic E-state index is 12.7. The van der Waals surface area contributed by atoms with Gasteiger partial charge in [0.25, 0.3) is 5.91 Å². The molecule has 8 nitrogen and oxygen atoms in total. The molecule has 3 aliphatic rings. The fourth-order valence-electron chi connectivity index (χ4n) is 3.63. The lowest BCUT2D eigenvalue weighted by molar-refractivity contribution is -0.134. The number of carbonyl (C=O) groups is 3. The minimum Gasteiger partial charge on any atom is -0.454 e. The quantitative estimate of drug-likeness (QED) is 0.811. The molecule has 1 aromatic rings. The lowest BCUT2D eigenvalue weighted by Gasteiger charge is -2.30. The van der Waals surface area contributed by atoms with Gasteiger partial charge in [-0.1, -0.05) is 19.3 Å². The molecular formula is C17H19N3O5. The molecule has 0 bridgehead atoms. The van der Waals surface area contributed by atoms with Gasteiger partial charge in [-0.25, -0.2) is 4.79 Å². The van der Waals surface area contributed by atoms with E-state index in [-0.39, 0.29) is 19.2 Å². The molecule has 2 heterocycles. The Morgan fingerprint density at radius 2 is 1.92 bits per heavy atom. The fraction of sp³-hybridized carbons (Fsp3) is 0.471. The molecule has 1 saturated heterocycles. The normalized spacial score (nSPS) is 20.7. The number of rotatable bonds is 3. The molecule has 25 heavy (non-hydrogen) atoms. The predicted molar refractivity (Wildman–Crippen MR) is 87.3 cm³/mol. The third-order valence-corrected chi connectivity index (χ3v) is 4.91. The highest BCUT2D eigenvalue weighted by atomic mass is 16.7. The van der Waals surface area contributed by atoms with Gasteiger partial charge in [-0.3, -0.25) is 14.5 Å². The van der Waals surface area contributed by atoms with Gasteiger partial charge >= 0.3 is 6.03 Å². The molecule has 4 rings (SSSR count). The molecule has 8 heteroatoms. The zero-order chi connectivity index (χ0) is 17.4. The first-order valence-electron chi connectivity index (χ1n) is 8.41. The topological polar surface area (TPSA) is 97.0 Å². The van der Waals surface area contributed by atoms with Crippen LogP contribution in [0.5, 0.6) is 11.5 Å². The molecule has 2 aliphatic heterocycles. The molecule has 1 aliphatic carbocycles. The van der Waals surface area contributed by atoms with Gasteiger partial charge in [0, 0.05) is 11.8 Å². The first-order valence-corrected chi connectivity index (χ1v) is 8.41. The van der Waals surface area contributed by atoms with Gasteiger partial charge in [0.05, 0.1) is 0 Å². The minimum absolute atomic E-state index is 0.150. The number of nitrogens with zero attached hydrogens (tertiary/aromatic N) is 1. The predicted octanol–water partition coefficient (Wildman–Crippen LogP) is 1.61. The van der Waals surface area contributed by atoms with Crippen molar-refractivity contribution in [2.45, 2.75) is 37.6 Å². The second-order valence-corrected chi connectivity index (χ2v) is 6.58. The van der Waals surface area contributed by atoms with Gasteiger partial charge in [-0.15, -0.1) is 0 Å². The third-order valence-electron chi connectivity index (χ3n) is 4.91. The largest absolute Gasteiger partial charge is 0.454 e. The van der Waals surface area contributed by atoms with E-state index in [0.717, 1.165) is 24.2 Å². The lowest BCUT2D eigenvalue weighted by atomic mass is 9.82. The van der Waals surface area contributed by atoms with Gasteiger partial charge in [-0.05, 0) is 25.0 Å². The summed E-state index contributed by atoms with van der Waals surface area (Å²) >= 11 is 0. The van der Waals surface area contributed by atoms with Crippen LogP contribution < -0.4 is 20.1 Å². The molecule has 0 atom stereocenters. The summed E-state index contributed by atoms with van der Waals surface area (Å²) < 4.78 is 10.5. The average Bonchev–Trinajstić information content (AvgIpc) is 3.14. The molecule has 0 radical (unpaired) electrons. The molecule has 1 spiro atoms. The highest BCUT2D eigenvalue weighted by Gasteiger charge is 2.51. The van der Waals surface area contributed by atoms with Gasteiger partial charge in [0.2, 0.25) is 12.7 Å². The molecule has 2 fully saturated rings. The van der Waals surface area contributed by atoms with E-state index in [9.17, 15) is 14.4 Å². The van der Waals surface area contributed by atoms with Crippen molar-refractivity contribution in [3.05, 3.63) is 18.2 Å². The number of benzene rings is 1. The van der Waals surface area contributed by atoms with Crippen molar-refractivity contribution in [1.29, 1.82) is 0 Å². The Balaban J connectivity index is 1.42. The summed E-state index contributed by atoms with van der Waals surface area (Å²) in [7, 11) is 0. The van der Waals surface area contributed by atoms with E-state index in [4.69, 9.17) is 9.47 Å². The fourth-order valence-corrected chi connectivity index (χ4v) is 3.63. The van der Waals surface area contributed by atoms with E-state index in [2.05, 4.69) is 10.6 Å². The molecular weight excluding hydrogens is 326 g/mol.